The van der Waals surface area contributed by atoms with Crippen LogP contribution in [0, 0.1) is 5.82 Å². The van der Waals surface area contributed by atoms with Crippen LogP contribution in [0.1, 0.15) is 0 Å². The summed E-state index contributed by atoms with van der Waals surface area (Å²) in [6.45, 7) is 2.26. The Hall–Kier alpha value is -1.14. The van der Waals surface area contributed by atoms with E-state index in [1.165, 1.54) is 12.1 Å². The van der Waals surface area contributed by atoms with Crippen LogP contribution in [0.2, 0.25) is 0 Å². The predicted molar refractivity (Wildman–Crippen MR) is 71.8 cm³/mol. The molecule has 1 aliphatic heterocycles. The Kier molecular flexibility index (Phi) is 3.22. The number of H-pyrrole nitrogens is 1. The number of anilines is 1. The zero-order valence-corrected chi connectivity index (χ0v) is 11.3. The highest BCUT2D eigenvalue weighted by atomic mass is 79.9. The van der Waals surface area contributed by atoms with E-state index in [9.17, 15) is 4.39 Å². The lowest BCUT2D eigenvalue weighted by Gasteiger charge is -2.31. The normalized spacial score (nSPS) is 20.6. The van der Waals surface area contributed by atoms with Gasteiger partial charge in [-0.15, -0.1) is 0 Å². The molecule has 3 rings (SSSR count). The van der Waals surface area contributed by atoms with Gasteiger partial charge in [-0.1, -0.05) is 15.9 Å². The maximum Gasteiger partial charge on any atom is 0.204 e. The first-order valence-electron chi connectivity index (χ1n) is 5.84. The van der Waals surface area contributed by atoms with Gasteiger partial charge in [0.25, 0.3) is 0 Å². The van der Waals surface area contributed by atoms with E-state index in [1.807, 2.05) is 0 Å². The Morgan fingerprint density at radius 3 is 3.28 bits per heavy atom. The van der Waals surface area contributed by atoms with Crippen molar-refractivity contribution in [3.63, 3.8) is 0 Å². The molecule has 0 spiro atoms. The molecule has 18 heavy (non-hydrogen) atoms. The second-order valence-electron chi connectivity index (χ2n) is 4.31. The van der Waals surface area contributed by atoms with Crippen LogP contribution in [-0.4, -0.2) is 41.1 Å². The Bertz CT molecular complexity index is 559. The van der Waals surface area contributed by atoms with Gasteiger partial charge in [0.15, 0.2) is 0 Å². The highest BCUT2D eigenvalue weighted by Crippen LogP contribution is 2.20. The maximum atomic E-state index is 13.1. The van der Waals surface area contributed by atoms with Crippen molar-refractivity contribution < 1.29 is 9.13 Å². The molecule has 1 N–H and O–H groups in total. The SMILES string of the molecule is Fc1ccc2nc(N3CCOC(CBr)C3)[nH]c2c1. The first-order chi connectivity index (χ1) is 8.76. The second kappa shape index (κ2) is 4.85. The second-order valence-corrected chi connectivity index (χ2v) is 4.96. The van der Waals surface area contributed by atoms with E-state index in [4.69, 9.17) is 4.74 Å². The summed E-state index contributed by atoms with van der Waals surface area (Å²) in [6, 6.07) is 4.58. The molecule has 4 nitrogen and oxygen atoms in total. The number of imidazole rings is 1. The third kappa shape index (κ3) is 2.22. The zero-order chi connectivity index (χ0) is 12.5. The molecule has 0 bridgehead atoms. The highest BCUT2D eigenvalue weighted by molar-refractivity contribution is 9.09. The average molecular weight is 314 g/mol. The van der Waals surface area contributed by atoms with E-state index in [2.05, 4.69) is 30.8 Å². The molecule has 0 radical (unpaired) electrons. The number of nitrogens with one attached hydrogen (secondary N) is 1. The van der Waals surface area contributed by atoms with Crippen molar-refractivity contribution in [3.05, 3.63) is 24.0 Å². The zero-order valence-electron chi connectivity index (χ0n) is 9.70. The van der Waals surface area contributed by atoms with Gasteiger partial charge in [-0.05, 0) is 18.2 Å². The average Bonchev–Trinajstić information content (AvgIpc) is 2.81. The lowest BCUT2D eigenvalue weighted by Crippen LogP contribution is -2.43. The third-order valence-electron chi connectivity index (χ3n) is 3.04. The number of ether oxygens (including phenoxy) is 1. The molecule has 1 unspecified atom stereocenters. The minimum Gasteiger partial charge on any atom is -0.374 e. The monoisotopic (exact) mass is 313 g/mol. The standard InChI is InChI=1S/C12H13BrFN3O/c13-6-9-7-17(3-4-18-9)12-15-10-2-1-8(14)5-11(10)16-12/h1-2,5,9H,3-4,6-7H2,(H,15,16). The molecule has 0 amide bonds. The van der Waals surface area contributed by atoms with E-state index >= 15 is 0 Å². The molecule has 0 aliphatic carbocycles. The number of benzene rings is 1. The summed E-state index contributed by atoms with van der Waals surface area (Å²) in [5.41, 5.74) is 1.51. The van der Waals surface area contributed by atoms with E-state index in [0.717, 1.165) is 35.4 Å². The maximum absolute atomic E-state index is 13.1. The molecular formula is C12H13BrFN3O. The van der Waals surface area contributed by atoms with Crippen molar-refractivity contribution in [2.24, 2.45) is 0 Å². The Balaban J connectivity index is 1.89. The van der Waals surface area contributed by atoms with E-state index in [1.54, 1.807) is 6.07 Å². The van der Waals surface area contributed by atoms with Gasteiger partial charge in [-0.25, -0.2) is 9.37 Å². The summed E-state index contributed by atoms with van der Waals surface area (Å²) in [4.78, 5) is 9.77. The van der Waals surface area contributed by atoms with Crippen molar-refractivity contribution in [2.45, 2.75) is 6.10 Å². The Labute approximate surface area is 112 Å². The third-order valence-corrected chi connectivity index (χ3v) is 3.76. The molecule has 2 heterocycles. The van der Waals surface area contributed by atoms with Gasteiger partial charge in [0, 0.05) is 18.4 Å². The van der Waals surface area contributed by atoms with Gasteiger partial charge in [-0.2, -0.15) is 0 Å². The lowest BCUT2D eigenvalue weighted by molar-refractivity contribution is 0.0566. The van der Waals surface area contributed by atoms with Crippen LogP contribution in [0.3, 0.4) is 0 Å². The van der Waals surface area contributed by atoms with Crippen LogP contribution >= 0.6 is 15.9 Å². The molecule has 2 aromatic rings. The van der Waals surface area contributed by atoms with Gasteiger partial charge in [0.2, 0.25) is 5.95 Å². The van der Waals surface area contributed by atoms with Crippen LogP contribution < -0.4 is 4.90 Å². The first-order valence-corrected chi connectivity index (χ1v) is 6.96. The van der Waals surface area contributed by atoms with Gasteiger partial charge in [0.05, 0.1) is 23.7 Å². The fraction of sp³-hybridized carbons (Fsp3) is 0.417. The van der Waals surface area contributed by atoms with Crippen LogP contribution in [-0.2, 0) is 4.74 Å². The van der Waals surface area contributed by atoms with Crippen molar-refractivity contribution in [1.29, 1.82) is 0 Å². The molecule has 0 saturated carbocycles. The van der Waals surface area contributed by atoms with Crippen LogP contribution in [0.15, 0.2) is 18.2 Å². The minimum absolute atomic E-state index is 0.170. The molecule has 96 valence electrons. The quantitative estimate of drug-likeness (QED) is 0.865. The summed E-state index contributed by atoms with van der Waals surface area (Å²) in [5.74, 6) is 0.530. The summed E-state index contributed by atoms with van der Waals surface area (Å²) in [5, 5.41) is 0.804. The number of hydrogen-bond donors (Lipinski definition) is 1. The summed E-state index contributed by atoms with van der Waals surface area (Å²) < 4.78 is 18.7. The minimum atomic E-state index is -0.252. The van der Waals surface area contributed by atoms with Crippen LogP contribution in [0.4, 0.5) is 10.3 Å². The Morgan fingerprint density at radius 1 is 1.56 bits per heavy atom. The Morgan fingerprint density at radius 2 is 2.44 bits per heavy atom. The molecule has 1 aliphatic rings. The summed E-state index contributed by atoms with van der Waals surface area (Å²) in [7, 11) is 0. The first kappa shape index (κ1) is 11.9. The van der Waals surface area contributed by atoms with Crippen molar-refractivity contribution in [2.75, 3.05) is 29.9 Å². The molecular weight excluding hydrogens is 301 g/mol. The number of nitrogens with zero attached hydrogens (tertiary/aromatic N) is 2. The van der Waals surface area contributed by atoms with Crippen molar-refractivity contribution >= 4 is 32.9 Å². The van der Waals surface area contributed by atoms with Crippen molar-refractivity contribution in [3.8, 4) is 0 Å². The van der Waals surface area contributed by atoms with Crippen molar-refractivity contribution in [1.82, 2.24) is 9.97 Å². The van der Waals surface area contributed by atoms with Crippen LogP contribution in [0.25, 0.3) is 11.0 Å². The highest BCUT2D eigenvalue weighted by Gasteiger charge is 2.21. The molecule has 1 atom stereocenters. The number of morpholine rings is 1. The van der Waals surface area contributed by atoms with E-state index < -0.39 is 0 Å². The number of hydrogen-bond acceptors (Lipinski definition) is 3. The smallest absolute Gasteiger partial charge is 0.204 e. The number of aromatic nitrogens is 2. The fourth-order valence-corrected chi connectivity index (χ4v) is 2.51. The topological polar surface area (TPSA) is 41.2 Å². The number of fused-ring (bicyclic) bond motifs is 1. The fourth-order valence-electron chi connectivity index (χ4n) is 2.12. The molecule has 1 fully saturated rings. The number of rotatable bonds is 2. The summed E-state index contributed by atoms with van der Waals surface area (Å²) in [6.07, 6.45) is 0.170. The lowest BCUT2D eigenvalue weighted by atomic mass is 10.3. The number of aromatic amines is 1. The molecule has 1 saturated heterocycles. The van der Waals surface area contributed by atoms with Gasteiger partial charge < -0.3 is 14.6 Å². The van der Waals surface area contributed by atoms with E-state index in [-0.39, 0.29) is 11.9 Å². The summed E-state index contributed by atoms with van der Waals surface area (Å²) >= 11 is 3.42. The van der Waals surface area contributed by atoms with Crippen LogP contribution in [0.5, 0.6) is 0 Å². The predicted octanol–water partition coefficient (Wildman–Crippen LogP) is 2.30. The van der Waals surface area contributed by atoms with E-state index in [0.29, 0.717) is 6.61 Å². The number of alkyl halides is 1. The van der Waals surface area contributed by atoms with Gasteiger partial charge >= 0.3 is 0 Å². The molecule has 1 aromatic heterocycles. The molecule has 6 heteroatoms. The number of halogens is 2. The largest absolute Gasteiger partial charge is 0.374 e. The molecule has 1 aromatic carbocycles. The van der Waals surface area contributed by atoms with Gasteiger partial charge in [0.1, 0.15) is 5.82 Å². The van der Waals surface area contributed by atoms with Gasteiger partial charge in [-0.3, -0.25) is 0 Å².